The van der Waals surface area contributed by atoms with E-state index in [1.54, 1.807) is 6.92 Å². The fourth-order valence-electron chi connectivity index (χ4n) is 1.75. The van der Waals surface area contributed by atoms with E-state index in [0.717, 1.165) is 25.0 Å². The quantitative estimate of drug-likeness (QED) is 0.201. The van der Waals surface area contributed by atoms with Crippen LogP contribution in [-0.2, 0) is 18.4 Å². The third kappa shape index (κ3) is 7.63. The van der Waals surface area contributed by atoms with Gasteiger partial charge in [-0.3, -0.25) is 0 Å². The van der Waals surface area contributed by atoms with Gasteiger partial charge in [-0.1, -0.05) is 32.8 Å². The molecule has 0 rings (SSSR count). The zero-order valence-corrected chi connectivity index (χ0v) is 13.0. The predicted octanol–water partition coefficient (Wildman–Crippen LogP) is 3.38. The summed E-state index contributed by atoms with van der Waals surface area (Å²) in [7, 11) is -2.24. The lowest BCUT2D eigenvalue weighted by Crippen LogP contribution is -2.42. The minimum absolute atomic E-state index is 0.469. The van der Waals surface area contributed by atoms with Crippen LogP contribution in [0.15, 0.2) is 12.7 Å². The molecule has 0 aliphatic heterocycles. The van der Waals surface area contributed by atoms with Crippen LogP contribution >= 0.6 is 0 Å². The second-order valence-corrected chi connectivity index (χ2v) is 7.64. The number of esters is 1. The Morgan fingerprint density at radius 3 is 2.56 bits per heavy atom. The van der Waals surface area contributed by atoms with Crippen LogP contribution in [0.2, 0.25) is 12.6 Å². The van der Waals surface area contributed by atoms with Gasteiger partial charge in [0, 0.05) is 12.7 Å². The molecule has 106 valence electrons. The molecular formula is C13H26O4Si. The lowest BCUT2D eigenvalue weighted by atomic mass is 10.3. The Labute approximate surface area is 112 Å². The highest BCUT2D eigenvalue weighted by Crippen LogP contribution is 2.20. The molecule has 0 N–H and O–H groups in total. The van der Waals surface area contributed by atoms with Crippen molar-refractivity contribution in [2.24, 2.45) is 0 Å². The third-order valence-electron chi connectivity index (χ3n) is 2.55. The Morgan fingerprint density at radius 2 is 2.06 bits per heavy atom. The van der Waals surface area contributed by atoms with Crippen LogP contribution in [0.5, 0.6) is 0 Å². The minimum Gasteiger partial charge on any atom is -0.434 e. The van der Waals surface area contributed by atoms with E-state index < -0.39 is 20.8 Å². The van der Waals surface area contributed by atoms with Crippen molar-refractivity contribution in [3.63, 3.8) is 0 Å². The summed E-state index contributed by atoms with van der Waals surface area (Å²) in [6, 6.07) is 0.921. The summed E-state index contributed by atoms with van der Waals surface area (Å²) in [6.45, 7) is 11.8. The number of carbonyl (C=O) groups is 1. The lowest BCUT2D eigenvalue weighted by molar-refractivity contribution is -0.157. The Kier molecular flexibility index (Phi) is 8.96. The summed E-state index contributed by atoms with van der Waals surface area (Å²) >= 11 is 0. The highest BCUT2D eigenvalue weighted by molar-refractivity contribution is 6.66. The van der Waals surface area contributed by atoms with Crippen molar-refractivity contribution in [3.8, 4) is 0 Å². The largest absolute Gasteiger partial charge is 0.434 e. The van der Waals surface area contributed by atoms with Gasteiger partial charge in [-0.15, -0.1) is 0 Å². The molecule has 2 unspecified atom stereocenters. The number of ether oxygens (including phenoxy) is 1. The van der Waals surface area contributed by atoms with Crippen molar-refractivity contribution in [3.05, 3.63) is 12.7 Å². The number of hydrogen-bond donors (Lipinski definition) is 0. The van der Waals surface area contributed by atoms with E-state index in [4.69, 9.17) is 13.6 Å². The van der Waals surface area contributed by atoms with Crippen LogP contribution in [0.1, 0.15) is 40.0 Å². The Balaban J connectivity index is 4.29. The van der Waals surface area contributed by atoms with Gasteiger partial charge in [-0.05, 0) is 26.4 Å². The van der Waals surface area contributed by atoms with E-state index in [0.29, 0.717) is 6.61 Å². The van der Waals surface area contributed by atoms with Crippen molar-refractivity contribution in [1.82, 2.24) is 0 Å². The second kappa shape index (κ2) is 9.30. The molecule has 0 heterocycles. The number of rotatable bonds is 10. The molecule has 0 bridgehead atoms. The Hall–Kier alpha value is -0.653. The number of hydrogen-bond acceptors (Lipinski definition) is 4. The molecule has 0 aromatic heterocycles. The zero-order valence-electron chi connectivity index (χ0n) is 12.0. The normalized spacial score (nSPS) is 15.8. The maximum absolute atomic E-state index is 11.1. The molecule has 0 radical (unpaired) electrons. The van der Waals surface area contributed by atoms with Crippen LogP contribution in [0.4, 0.5) is 0 Å². The fourth-order valence-corrected chi connectivity index (χ4v) is 4.34. The smallest absolute Gasteiger partial charge is 0.337 e. The molecule has 0 saturated heterocycles. The average molecular weight is 274 g/mol. The molecule has 0 aromatic carbocycles. The van der Waals surface area contributed by atoms with Crippen molar-refractivity contribution >= 4 is 14.5 Å². The summed E-state index contributed by atoms with van der Waals surface area (Å²) in [5.41, 5.74) is 0. The van der Waals surface area contributed by atoms with Gasteiger partial charge in [0.1, 0.15) is 0 Å². The molecule has 0 fully saturated rings. The van der Waals surface area contributed by atoms with Gasteiger partial charge < -0.3 is 13.6 Å². The molecule has 0 saturated carbocycles. The van der Waals surface area contributed by atoms with E-state index in [-0.39, 0.29) is 0 Å². The minimum atomic E-state index is -2.24. The summed E-state index contributed by atoms with van der Waals surface area (Å²) in [5, 5.41) is 0. The zero-order chi connectivity index (χ0) is 14.0. The van der Waals surface area contributed by atoms with Crippen molar-refractivity contribution in [1.29, 1.82) is 0 Å². The standard InChI is InChI=1S/C13H26O4Si/c1-6-9-10-11-18(5,15-8-3)17-12(4)16-13(14)7-2/h7,12H,2,6,8-11H2,1,3-5H3. The monoisotopic (exact) mass is 274 g/mol. The molecule has 0 aliphatic carbocycles. The summed E-state index contributed by atoms with van der Waals surface area (Å²) < 4.78 is 16.6. The van der Waals surface area contributed by atoms with E-state index >= 15 is 0 Å². The van der Waals surface area contributed by atoms with Gasteiger partial charge >= 0.3 is 14.5 Å². The van der Waals surface area contributed by atoms with Crippen LogP contribution in [0, 0.1) is 0 Å². The molecule has 4 nitrogen and oxygen atoms in total. The van der Waals surface area contributed by atoms with Crippen molar-refractivity contribution < 1.29 is 18.4 Å². The first-order chi connectivity index (χ1) is 8.47. The fraction of sp³-hybridized carbons (Fsp3) is 0.769. The van der Waals surface area contributed by atoms with Gasteiger partial charge in [0.05, 0.1) is 0 Å². The van der Waals surface area contributed by atoms with Crippen LogP contribution in [0.25, 0.3) is 0 Å². The molecule has 0 spiro atoms. The van der Waals surface area contributed by atoms with Gasteiger partial charge in [-0.25, -0.2) is 4.79 Å². The SMILES string of the molecule is C=CC(=O)OC(C)O[Si](C)(CCCCC)OCC. The topological polar surface area (TPSA) is 44.8 Å². The molecule has 0 aliphatic rings. The molecular weight excluding hydrogens is 248 g/mol. The maximum atomic E-state index is 11.1. The van der Waals surface area contributed by atoms with Gasteiger partial charge in [-0.2, -0.15) is 0 Å². The Bertz CT molecular complexity index is 257. The van der Waals surface area contributed by atoms with Gasteiger partial charge in [0.25, 0.3) is 0 Å². The van der Waals surface area contributed by atoms with E-state index in [1.165, 1.54) is 6.42 Å². The number of carbonyl (C=O) groups excluding carboxylic acids is 1. The van der Waals surface area contributed by atoms with Crippen LogP contribution < -0.4 is 0 Å². The average Bonchev–Trinajstić information content (AvgIpc) is 2.29. The number of unbranched alkanes of at least 4 members (excludes halogenated alkanes) is 2. The third-order valence-corrected chi connectivity index (χ3v) is 5.54. The Morgan fingerprint density at radius 1 is 1.39 bits per heavy atom. The summed E-state index contributed by atoms with van der Waals surface area (Å²) in [4.78, 5) is 11.1. The van der Waals surface area contributed by atoms with Crippen LogP contribution in [0.3, 0.4) is 0 Å². The molecule has 0 aromatic rings. The lowest BCUT2D eigenvalue weighted by Gasteiger charge is -2.29. The molecule has 18 heavy (non-hydrogen) atoms. The van der Waals surface area contributed by atoms with Crippen molar-refractivity contribution in [2.45, 2.75) is 58.9 Å². The highest BCUT2D eigenvalue weighted by atomic mass is 28.4. The maximum Gasteiger partial charge on any atom is 0.337 e. The van der Waals surface area contributed by atoms with E-state index in [1.807, 2.05) is 13.5 Å². The summed E-state index contributed by atoms with van der Waals surface area (Å²) in [6.07, 6.45) is 3.97. The second-order valence-electron chi connectivity index (χ2n) is 4.35. The van der Waals surface area contributed by atoms with Gasteiger partial charge in [0.15, 0.2) is 6.29 Å². The highest BCUT2D eigenvalue weighted by Gasteiger charge is 2.33. The van der Waals surface area contributed by atoms with E-state index in [9.17, 15) is 4.79 Å². The molecule has 2 atom stereocenters. The molecule has 0 amide bonds. The molecule has 5 heteroatoms. The first-order valence-corrected chi connectivity index (χ1v) is 9.14. The first-order valence-electron chi connectivity index (χ1n) is 6.62. The predicted molar refractivity (Wildman–Crippen MR) is 74.4 cm³/mol. The summed E-state index contributed by atoms with van der Waals surface area (Å²) in [5.74, 6) is -0.469. The first kappa shape index (κ1) is 17.3. The van der Waals surface area contributed by atoms with Crippen molar-refractivity contribution in [2.75, 3.05) is 6.61 Å². The van der Waals surface area contributed by atoms with Crippen LogP contribution in [-0.4, -0.2) is 27.4 Å². The van der Waals surface area contributed by atoms with Gasteiger partial charge in [0.2, 0.25) is 0 Å². The van der Waals surface area contributed by atoms with E-state index in [2.05, 4.69) is 13.5 Å².